The molecule has 0 fully saturated rings. The van der Waals surface area contributed by atoms with Gasteiger partial charge >= 0.3 is 67.5 Å². The van der Waals surface area contributed by atoms with E-state index >= 15 is 0 Å². The van der Waals surface area contributed by atoms with Crippen LogP contribution in [0.3, 0.4) is 0 Å². The first-order valence-electron chi connectivity index (χ1n) is 9.49. The summed E-state index contributed by atoms with van der Waals surface area (Å²) in [5.41, 5.74) is 1.11. The Kier molecular flexibility index (Phi) is 16.8. The number of aliphatic hydroxyl groups excluding tert-OH is 1. The Morgan fingerprint density at radius 1 is 0.893 bits per heavy atom. The van der Waals surface area contributed by atoms with E-state index in [9.17, 15) is 13.2 Å². The number of rotatable bonds is 15. The molecule has 0 aromatic heterocycles. The number of ether oxygens (including phenoxy) is 1. The van der Waals surface area contributed by atoms with Crippen molar-refractivity contribution in [2.75, 3.05) is 24.4 Å². The maximum absolute atomic E-state index is 11.6. The molecule has 0 spiro atoms. The van der Waals surface area contributed by atoms with Crippen molar-refractivity contribution >= 4 is 21.8 Å². The first-order valence-corrected chi connectivity index (χ1v) is 11.1. The number of hydrogen-bond acceptors (Lipinski definition) is 6. The molecule has 0 aliphatic carbocycles. The third-order valence-electron chi connectivity index (χ3n) is 4.12. The van der Waals surface area contributed by atoms with Crippen LogP contribution in [0.25, 0.3) is 0 Å². The molecular formula is C19H31KNO6S+. The van der Waals surface area contributed by atoms with Crippen LogP contribution in [0, 0.1) is 0 Å². The third kappa shape index (κ3) is 14.9. The van der Waals surface area contributed by atoms with Crippen molar-refractivity contribution in [3.8, 4) is 0 Å². The number of unbranched alkanes of at least 4 members (excludes halogenated alkanes) is 8. The van der Waals surface area contributed by atoms with Crippen molar-refractivity contribution in [1.82, 2.24) is 0 Å². The molecule has 0 atom stereocenters. The summed E-state index contributed by atoms with van der Waals surface area (Å²) in [6.07, 6.45) is 10.5. The molecule has 0 amide bonds. The van der Waals surface area contributed by atoms with Gasteiger partial charge in [-0.15, -0.1) is 0 Å². The zero-order chi connectivity index (χ0) is 20.0. The van der Waals surface area contributed by atoms with Gasteiger partial charge in [0, 0.05) is 18.8 Å². The fourth-order valence-electron chi connectivity index (χ4n) is 2.64. The maximum atomic E-state index is 11.6. The Balaban J connectivity index is 0.00000729. The van der Waals surface area contributed by atoms with Crippen LogP contribution in [-0.4, -0.2) is 43.1 Å². The monoisotopic (exact) mass is 440 g/mol. The van der Waals surface area contributed by atoms with Crippen LogP contribution in [0.2, 0.25) is 0 Å². The molecule has 0 bridgehead atoms. The van der Waals surface area contributed by atoms with Gasteiger partial charge in [-0.3, -0.25) is 4.55 Å². The predicted molar refractivity (Wildman–Crippen MR) is 105 cm³/mol. The molecule has 1 rings (SSSR count). The summed E-state index contributed by atoms with van der Waals surface area (Å²) in [7, 11) is -4.33. The van der Waals surface area contributed by atoms with Crippen LogP contribution in [0.15, 0.2) is 24.3 Å². The molecular weight excluding hydrogens is 409 g/mol. The summed E-state index contributed by atoms with van der Waals surface area (Å²) in [5, 5.41) is 12.0. The SMILES string of the molecule is O=C(OCS(=O)(=O)O)c1ccc(NCCCCCCCCCCCO)cc1.[K+]. The Labute approximate surface area is 210 Å². The molecule has 0 aliphatic heterocycles. The molecule has 0 aliphatic rings. The van der Waals surface area contributed by atoms with E-state index in [0.717, 1.165) is 31.5 Å². The zero-order valence-corrected chi connectivity index (χ0v) is 20.7. The molecule has 0 radical (unpaired) electrons. The van der Waals surface area contributed by atoms with Gasteiger partial charge in [0.25, 0.3) is 0 Å². The molecule has 0 heterocycles. The average Bonchev–Trinajstić information content (AvgIpc) is 2.64. The Bertz CT molecular complexity index is 636. The van der Waals surface area contributed by atoms with Crippen molar-refractivity contribution in [3.63, 3.8) is 0 Å². The number of esters is 1. The van der Waals surface area contributed by atoms with Gasteiger partial charge in [0.1, 0.15) is 0 Å². The number of carbonyl (C=O) groups excluding carboxylic acids is 1. The molecule has 154 valence electrons. The van der Waals surface area contributed by atoms with Gasteiger partial charge in [-0.1, -0.05) is 44.9 Å². The fraction of sp³-hybridized carbons (Fsp3) is 0.632. The van der Waals surface area contributed by atoms with E-state index in [1.165, 1.54) is 38.5 Å². The number of benzene rings is 1. The molecule has 1 aromatic carbocycles. The quantitative estimate of drug-likeness (QED) is 0.158. The zero-order valence-electron chi connectivity index (χ0n) is 16.7. The molecule has 9 heteroatoms. The van der Waals surface area contributed by atoms with E-state index < -0.39 is 22.0 Å². The summed E-state index contributed by atoms with van der Waals surface area (Å²) in [4.78, 5) is 11.6. The second-order valence-corrected chi connectivity index (χ2v) is 7.94. The molecule has 28 heavy (non-hydrogen) atoms. The second-order valence-electron chi connectivity index (χ2n) is 6.54. The first-order chi connectivity index (χ1) is 12.9. The van der Waals surface area contributed by atoms with Crippen molar-refractivity contribution in [3.05, 3.63) is 29.8 Å². The molecule has 0 saturated heterocycles. The normalized spacial score (nSPS) is 10.9. The standard InChI is InChI=1S/C19H31NO6S.K/c21-15-9-7-5-3-1-2-4-6-8-14-20-18-12-10-17(11-13-18)19(22)26-16-27(23,24)25;/h10-13,20-21H,1-9,14-16H2,(H,23,24,25);/q;+1. The molecule has 7 nitrogen and oxygen atoms in total. The van der Waals surface area contributed by atoms with Gasteiger partial charge in [-0.05, 0) is 37.1 Å². The molecule has 0 saturated carbocycles. The molecule has 1 aromatic rings. The van der Waals surface area contributed by atoms with Crippen LogP contribution in [0.4, 0.5) is 5.69 Å². The number of aliphatic hydroxyl groups is 1. The van der Waals surface area contributed by atoms with Gasteiger partial charge in [0.2, 0.25) is 5.94 Å². The van der Waals surface area contributed by atoms with Gasteiger partial charge < -0.3 is 15.2 Å². The van der Waals surface area contributed by atoms with Crippen molar-refractivity contribution < 1.29 is 79.0 Å². The first kappa shape index (κ1) is 28.0. The van der Waals surface area contributed by atoms with Crippen LogP contribution >= 0.6 is 0 Å². The van der Waals surface area contributed by atoms with Gasteiger partial charge in [-0.25, -0.2) is 4.79 Å². The average molecular weight is 441 g/mol. The third-order valence-corrected chi connectivity index (χ3v) is 4.54. The van der Waals surface area contributed by atoms with Crippen molar-refractivity contribution in [2.24, 2.45) is 0 Å². The Morgan fingerprint density at radius 3 is 1.89 bits per heavy atom. The van der Waals surface area contributed by atoms with Crippen molar-refractivity contribution in [2.45, 2.75) is 57.8 Å². The number of hydrogen-bond donors (Lipinski definition) is 3. The number of nitrogens with one attached hydrogen (secondary N) is 1. The van der Waals surface area contributed by atoms with Gasteiger partial charge in [-0.2, -0.15) is 8.42 Å². The fourth-order valence-corrected chi connectivity index (χ4v) is 2.90. The van der Waals surface area contributed by atoms with E-state index in [0.29, 0.717) is 6.61 Å². The van der Waals surface area contributed by atoms with Gasteiger partial charge in [0.05, 0.1) is 5.56 Å². The van der Waals surface area contributed by atoms with Crippen molar-refractivity contribution in [1.29, 1.82) is 0 Å². The van der Waals surface area contributed by atoms with Crippen LogP contribution in [0.5, 0.6) is 0 Å². The summed E-state index contributed by atoms with van der Waals surface area (Å²) in [5.74, 6) is -1.84. The van der Waals surface area contributed by atoms with Crippen LogP contribution in [0.1, 0.15) is 68.1 Å². The van der Waals surface area contributed by atoms with Crippen LogP contribution in [-0.2, 0) is 14.9 Å². The largest absolute Gasteiger partial charge is 1.00 e. The molecule has 3 N–H and O–H groups in total. The van der Waals surface area contributed by atoms with E-state index in [2.05, 4.69) is 10.1 Å². The molecule has 0 unspecified atom stereocenters. The second kappa shape index (κ2) is 16.8. The van der Waals surface area contributed by atoms with E-state index in [4.69, 9.17) is 9.66 Å². The summed E-state index contributed by atoms with van der Waals surface area (Å²) >= 11 is 0. The number of carbonyl (C=O) groups is 1. The summed E-state index contributed by atoms with van der Waals surface area (Å²) < 4.78 is 34.2. The minimum atomic E-state index is -4.33. The minimum absolute atomic E-state index is 0. The van der Waals surface area contributed by atoms with Gasteiger partial charge in [0.15, 0.2) is 0 Å². The maximum Gasteiger partial charge on any atom is 1.00 e. The topological polar surface area (TPSA) is 113 Å². The summed E-state index contributed by atoms with van der Waals surface area (Å²) in [6.45, 7) is 1.15. The Hall–Kier alpha value is -0.00364. The van der Waals surface area contributed by atoms with Crippen LogP contribution < -0.4 is 56.7 Å². The van der Waals surface area contributed by atoms with E-state index in [1.807, 2.05) is 0 Å². The predicted octanol–water partition coefficient (Wildman–Crippen LogP) is 0.608. The minimum Gasteiger partial charge on any atom is -0.443 e. The summed E-state index contributed by atoms with van der Waals surface area (Å²) in [6, 6.07) is 6.56. The number of anilines is 1. The Morgan fingerprint density at radius 2 is 1.39 bits per heavy atom. The van der Waals surface area contributed by atoms with E-state index in [-0.39, 0.29) is 56.9 Å². The van der Waals surface area contributed by atoms with E-state index in [1.54, 1.807) is 24.3 Å². The smallest absolute Gasteiger partial charge is 0.443 e.